The van der Waals surface area contributed by atoms with Crippen LogP contribution < -0.4 is 5.32 Å². The molecule has 0 aromatic heterocycles. The van der Waals surface area contributed by atoms with E-state index in [0.29, 0.717) is 15.6 Å². The van der Waals surface area contributed by atoms with Gasteiger partial charge in [-0.1, -0.05) is 53.5 Å². The number of anilines is 1. The maximum atomic E-state index is 11.5. The molecule has 28 heavy (non-hydrogen) atoms. The zero-order valence-electron chi connectivity index (χ0n) is 14.8. The van der Waals surface area contributed by atoms with Gasteiger partial charge in [0.05, 0.1) is 11.6 Å². The fourth-order valence-corrected chi connectivity index (χ4v) is 5.42. The van der Waals surface area contributed by atoms with E-state index in [4.69, 9.17) is 23.2 Å². The molecule has 0 saturated carbocycles. The Bertz CT molecular complexity index is 1090. The Labute approximate surface area is 172 Å². The van der Waals surface area contributed by atoms with Gasteiger partial charge in [0.25, 0.3) is 0 Å². The van der Waals surface area contributed by atoms with Crippen LogP contribution in [0.2, 0.25) is 10.0 Å². The van der Waals surface area contributed by atoms with Crippen molar-refractivity contribution in [2.75, 3.05) is 5.32 Å². The van der Waals surface area contributed by atoms with Gasteiger partial charge in [0.15, 0.2) is 0 Å². The van der Waals surface area contributed by atoms with E-state index in [1.807, 2.05) is 30.3 Å². The third kappa shape index (κ3) is 2.61. The second kappa shape index (κ2) is 6.54. The molecule has 1 aliphatic carbocycles. The highest BCUT2D eigenvalue weighted by Crippen LogP contribution is 2.55. The average Bonchev–Trinajstić information content (AvgIpc) is 3.07. The standard InChI is InChI=1S/C23H17Cl2NO2/c24-17-6-3-7-18(25)21(17)22-16-10-12-4-1-2-5-14(12)20(16)15-11-13(23(27)28)8-9-19(15)26-22/h1-9,11,16,20,22,26H,10H2,(H,27,28)/t16-,20+,22+/m1/s1. The molecule has 0 radical (unpaired) electrons. The number of carbonyl (C=O) groups is 1. The number of carboxylic acid groups (broad SMARTS) is 1. The summed E-state index contributed by atoms with van der Waals surface area (Å²) in [6, 6.07) is 19.2. The van der Waals surface area contributed by atoms with Crippen LogP contribution >= 0.6 is 23.2 Å². The number of fused-ring (bicyclic) bond motifs is 5. The molecule has 5 rings (SSSR count). The van der Waals surface area contributed by atoms with Crippen molar-refractivity contribution in [3.63, 3.8) is 0 Å². The predicted octanol–water partition coefficient (Wildman–Crippen LogP) is 6.16. The van der Waals surface area contributed by atoms with E-state index in [9.17, 15) is 9.90 Å². The molecular weight excluding hydrogens is 393 g/mol. The molecule has 0 fully saturated rings. The fraction of sp³-hybridized carbons (Fsp3) is 0.174. The molecule has 1 heterocycles. The quantitative estimate of drug-likeness (QED) is 0.532. The van der Waals surface area contributed by atoms with Crippen LogP contribution in [0.3, 0.4) is 0 Å². The van der Waals surface area contributed by atoms with Crippen molar-refractivity contribution in [1.29, 1.82) is 0 Å². The zero-order valence-corrected chi connectivity index (χ0v) is 16.3. The summed E-state index contributed by atoms with van der Waals surface area (Å²) in [5.74, 6) is -0.614. The second-order valence-electron chi connectivity index (χ2n) is 7.41. The van der Waals surface area contributed by atoms with Crippen molar-refractivity contribution in [2.24, 2.45) is 5.92 Å². The third-order valence-electron chi connectivity index (χ3n) is 5.96. The number of nitrogens with one attached hydrogen (secondary N) is 1. The van der Waals surface area contributed by atoms with E-state index in [-0.39, 0.29) is 17.9 Å². The van der Waals surface area contributed by atoms with Gasteiger partial charge in [-0.05, 0) is 59.4 Å². The number of carboxylic acids is 1. The monoisotopic (exact) mass is 409 g/mol. The highest BCUT2D eigenvalue weighted by Gasteiger charge is 2.44. The SMILES string of the molecule is O=C(O)c1ccc2c(c1)[C@@H]1c3ccccc3C[C@H]1[C@@H](c1c(Cl)cccc1Cl)N2. The molecular formula is C23H17Cl2NO2. The van der Waals surface area contributed by atoms with Crippen LogP contribution in [0, 0.1) is 5.92 Å². The summed E-state index contributed by atoms with van der Waals surface area (Å²) in [6.45, 7) is 0. The summed E-state index contributed by atoms with van der Waals surface area (Å²) in [5.41, 5.74) is 5.71. The van der Waals surface area contributed by atoms with Crippen molar-refractivity contribution >= 4 is 34.9 Å². The number of hydrogen-bond donors (Lipinski definition) is 2. The minimum absolute atomic E-state index is 0.0539. The first-order valence-electron chi connectivity index (χ1n) is 9.20. The van der Waals surface area contributed by atoms with Crippen LogP contribution in [0.1, 0.15) is 44.6 Å². The lowest BCUT2D eigenvalue weighted by atomic mass is 9.75. The van der Waals surface area contributed by atoms with Gasteiger partial charge >= 0.3 is 5.97 Å². The minimum atomic E-state index is -0.915. The van der Waals surface area contributed by atoms with Crippen molar-refractivity contribution in [1.82, 2.24) is 0 Å². The molecule has 0 spiro atoms. The maximum absolute atomic E-state index is 11.5. The summed E-state index contributed by atoms with van der Waals surface area (Å²) in [7, 11) is 0. The Morgan fingerprint density at radius 2 is 1.71 bits per heavy atom. The summed E-state index contributed by atoms with van der Waals surface area (Å²) < 4.78 is 0. The van der Waals surface area contributed by atoms with E-state index >= 15 is 0 Å². The smallest absolute Gasteiger partial charge is 0.335 e. The maximum Gasteiger partial charge on any atom is 0.335 e. The number of hydrogen-bond acceptors (Lipinski definition) is 2. The molecule has 5 heteroatoms. The Hall–Kier alpha value is -2.49. The zero-order chi connectivity index (χ0) is 19.4. The highest BCUT2D eigenvalue weighted by atomic mass is 35.5. The molecule has 0 bridgehead atoms. The molecule has 1 aliphatic heterocycles. The van der Waals surface area contributed by atoms with Gasteiger partial charge in [-0.2, -0.15) is 0 Å². The molecule has 3 atom stereocenters. The van der Waals surface area contributed by atoms with Gasteiger partial charge in [-0.25, -0.2) is 4.79 Å². The van der Waals surface area contributed by atoms with Gasteiger partial charge < -0.3 is 10.4 Å². The van der Waals surface area contributed by atoms with E-state index in [2.05, 4.69) is 23.5 Å². The van der Waals surface area contributed by atoms with Crippen LogP contribution in [0.15, 0.2) is 60.7 Å². The van der Waals surface area contributed by atoms with Gasteiger partial charge in [0.1, 0.15) is 0 Å². The Morgan fingerprint density at radius 1 is 0.964 bits per heavy atom. The van der Waals surface area contributed by atoms with E-state index in [1.54, 1.807) is 12.1 Å². The minimum Gasteiger partial charge on any atom is -0.478 e. The van der Waals surface area contributed by atoms with Crippen molar-refractivity contribution in [3.05, 3.63) is 98.5 Å². The molecule has 0 unspecified atom stereocenters. The summed E-state index contributed by atoms with van der Waals surface area (Å²) in [4.78, 5) is 11.5. The predicted molar refractivity (Wildman–Crippen MR) is 112 cm³/mol. The van der Waals surface area contributed by atoms with Crippen LogP contribution in [-0.2, 0) is 6.42 Å². The molecule has 3 nitrogen and oxygen atoms in total. The summed E-state index contributed by atoms with van der Waals surface area (Å²) in [5, 5.41) is 14.4. The largest absolute Gasteiger partial charge is 0.478 e. The molecule has 2 N–H and O–H groups in total. The molecule has 3 aromatic rings. The summed E-state index contributed by atoms with van der Waals surface area (Å²) >= 11 is 13.1. The average molecular weight is 410 g/mol. The molecule has 3 aromatic carbocycles. The van der Waals surface area contributed by atoms with Crippen molar-refractivity contribution in [3.8, 4) is 0 Å². The summed E-state index contributed by atoms with van der Waals surface area (Å²) in [6.07, 6.45) is 0.886. The number of halogens is 2. The highest BCUT2D eigenvalue weighted by molar-refractivity contribution is 6.36. The van der Waals surface area contributed by atoms with E-state index in [0.717, 1.165) is 23.2 Å². The van der Waals surface area contributed by atoms with Gasteiger partial charge in [0.2, 0.25) is 0 Å². The number of aromatic carboxylic acids is 1. The topological polar surface area (TPSA) is 49.3 Å². The third-order valence-corrected chi connectivity index (χ3v) is 6.62. The van der Waals surface area contributed by atoms with Gasteiger partial charge in [0, 0.05) is 27.2 Å². The van der Waals surface area contributed by atoms with Crippen LogP contribution in [0.25, 0.3) is 0 Å². The van der Waals surface area contributed by atoms with Gasteiger partial charge in [-0.3, -0.25) is 0 Å². The first-order chi connectivity index (χ1) is 13.5. The Morgan fingerprint density at radius 3 is 2.46 bits per heavy atom. The van der Waals surface area contributed by atoms with Crippen LogP contribution in [0.4, 0.5) is 5.69 Å². The molecule has 2 aliphatic rings. The first-order valence-corrected chi connectivity index (χ1v) is 9.95. The van der Waals surface area contributed by atoms with E-state index in [1.165, 1.54) is 11.1 Å². The Balaban J connectivity index is 1.72. The second-order valence-corrected chi connectivity index (χ2v) is 8.22. The van der Waals surface area contributed by atoms with Crippen molar-refractivity contribution < 1.29 is 9.90 Å². The molecule has 0 saturated heterocycles. The fourth-order valence-electron chi connectivity index (χ4n) is 4.79. The van der Waals surface area contributed by atoms with Crippen molar-refractivity contribution in [2.45, 2.75) is 18.4 Å². The lowest BCUT2D eigenvalue weighted by Gasteiger charge is -2.38. The lowest BCUT2D eigenvalue weighted by molar-refractivity contribution is 0.0696. The molecule has 0 amide bonds. The number of rotatable bonds is 2. The number of benzene rings is 3. The lowest BCUT2D eigenvalue weighted by Crippen LogP contribution is -2.31. The molecule has 140 valence electrons. The normalized spacial score (nSPS) is 22.0. The Kier molecular flexibility index (Phi) is 4.11. The van der Waals surface area contributed by atoms with Gasteiger partial charge in [-0.15, -0.1) is 0 Å². The van der Waals surface area contributed by atoms with E-state index < -0.39 is 5.97 Å². The van der Waals surface area contributed by atoms with Crippen LogP contribution in [0.5, 0.6) is 0 Å². The van der Waals surface area contributed by atoms with Crippen LogP contribution in [-0.4, -0.2) is 11.1 Å². The first kappa shape index (κ1) is 17.6.